The van der Waals surface area contributed by atoms with Crippen LogP contribution < -0.4 is 0 Å². The Morgan fingerprint density at radius 2 is 1.72 bits per heavy atom. The molecule has 25 heavy (non-hydrogen) atoms. The number of nitriles is 1. The van der Waals surface area contributed by atoms with Crippen molar-refractivity contribution in [3.63, 3.8) is 0 Å². The second kappa shape index (κ2) is 10.2. The Morgan fingerprint density at radius 1 is 1.04 bits per heavy atom. The van der Waals surface area contributed by atoms with Crippen molar-refractivity contribution in [1.29, 1.82) is 5.26 Å². The molecule has 0 aromatic rings. The normalized spacial score (nSPS) is 32.8. The van der Waals surface area contributed by atoms with Gasteiger partial charge in [-0.1, -0.05) is 46.0 Å². The van der Waals surface area contributed by atoms with Gasteiger partial charge in [-0.3, -0.25) is 4.79 Å². The zero-order valence-corrected chi connectivity index (χ0v) is 16.4. The molecule has 0 unspecified atom stereocenters. The maximum atomic E-state index is 12.5. The monoisotopic (exact) mass is 347 g/mol. The Bertz CT molecular complexity index is 437. The molecule has 142 valence electrons. The summed E-state index contributed by atoms with van der Waals surface area (Å²) in [5.41, 5.74) is -0.176. The zero-order valence-electron chi connectivity index (χ0n) is 16.4. The van der Waals surface area contributed by atoms with E-state index in [4.69, 9.17) is 4.74 Å². The van der Waals surface area contributed by atoms with E-state index in [0.29, 0.717) is 0 Å². The molecular formula is C22H37NO2. The number of esters is 1. The molecule has 2 aliphatic rings. The number of carbonyl (C=O) groups is 1. The average Bonchev–Trinajstić information content (AvgIpc) is 2.64. The van der Waals surface area contributed by atoms with E-state index in [1.54, 1.807) is 0 Å². The lowest BCUT2D eigenvalue weighted by atomic mass is 9.69. The Hall–Kier alpha value is -1.04. The molecule has 0 bridgehead atoms. The molecule has 3 heteroatoms. The van der Waals surface area contributed by atoms with E-state index < -0.39 is 0 Å². The van der Waals surface area contributed by atoms with Crippen LogP contribution in [0.1, 0.15) is 104 Å². The number of ether oxygens (including phenoxy) is 1. The van der Waals surface area contributed by atoms with E-state index >= 15 is 0 Å². The topological polar surface area (TPSA) is 50.1 Å². The SMILES string of the molecule is CCCCC[C@]1(C#N)CC[C@@H](C(=O)O[C@H]2CC[C@H](CCC)CC2)CC1. The van der Waals surface area contributed by atoms with Crippen LogP contribution in [0.3, 0.4) is 0 Å². The summed E-state index contributed by atoms with van der Waals surface area (Å²) in [6, 6.07) is 2.58. The summed E-state index contributed by atoms with van der Waals surface area (Å²) in [5, 5.41) is 9.63. The van der Waals surface area contributed by atoms with Gasteiger partial charge in [-0.25, -0.2) is 0 Å². The second-order valence-corrected chi connectivity index (χ2v) is 8.49. The lowest BCUT2D eigenvalue weighted by Crippen LogP contribution is -2.33. The first-order valence-corrected chi connectivity index (χ1v) is 10.7. The number of nitrogens with zero attached hydrogens (tertiary/aromatic N) is 1. The largest absolute Gasteiger partial charge is 0.462 e. The fraction of sp³-hybridized carbons (Fsp3) is 0.909. The number of hydrogen-bond donors (Lipinski definition) is 0. The van der Waals surface area contributed by atoms with Crippen LogP contribution in [0.5, 0.6) is 0 Å². The van der Waals surface area contributed by atoms with Gasteiger partial charge >= 0.3 is 5.97 Å². The molecule has 0 aromatic heterocycles. The second-order valence-electron chi connectivity index (χ2n) is 8.49. The van der Waals surface area contributed by atoms with Crippen LogP contribution in [-0.2, 0) is 9.53 Å². The van der Waals surface area contributed by atoms with Crippen molar-refractivity contribution in [3.8, 4) is 6.07 Å². The van der Waals surface area contributed by atoms with Crippen LogP contribution in [0, 0.1) is 28.6 Å². The lowest BCUT2D eigenvalue weighted by molar-refractivity contribution is -0.157. The number of hydrogen-bond acceptors (Lipinski definition) is 3. The van der Waals surface area contributed by atoms with Crippen molar-refractivity contribution >= 4 is 5.97 Å². The van der Waals surface area contributed by atoms with Crippen LogP contribution in [0.4, 0.5) is 0 Å². The van der Waals surface area contributed by atoms with E-state index in [9.17, 15) is 10.1 Å². The third kappa shape index (κ3) is 6.01. The molecule has 2 fully saturated rings. The highest BCUT2D eigenvalue weighted by molar-refractivity contribution is 5.72. The molecule has 2 saturated carbocycles. The molecule has 0 saturated heterocycles. The maximum Gasteiger partial charge on any atom is 0.309 e. The van der Waals surface area contributed by atoms with Crippen LogP contribution in [-0.4, -0.2) is 12.1 Å². The first-order valence-electron chi connectivity index (χ1n) is 10.7. The van der Waals surface area contributed by atoms with Gasteiger partial charge in [-0.15, -0.1) is 0 Å². The third-order valence-corrected chi connectivity index (χ3v) is 6.55. The van der Waals surface area contributed by atoms with Gasteiger partial charge in [0.2, 0.25) is 0 Å². The molecule has 0 N–H and O–H groups in total. The van der Waals surface area contributed by atoms with Gasteiger partial charge in [0.15, 0.2) is 0 Å². The molecule has 0 heterocycles. The van der Waals surface area contributed by atoms with Gasteiger partial charge in [-0.2, -0.15) is 5.26 Å². The molecule has 0 aromatic carbocycles. The number of rotatable bonds is 8. The summed E-state index contributed by atoms with van der Waals surface area (Å²) in [6.45, 7) is 4.44. The molecule has 0 aliphatic heterocycles. The third-order valence-electron chi connectivity index (χ3n) is 6.55. The highest BCUT2D eigenvalue weighted by Crippen LogP contribution is 2.43. The lowest BCUT2D eigenvalue weighted by Gasteiger charge is -2.35. The Labute approximate surface area is 154 Å². The Morgan fingerprint density at radius 3 is 2.28 bits per heavy atom. The highest BCUT2D eigenvalue weighted by Gasteiger charge is 2.38. The molecular weight excluding hydrogens is 310 g/mol. The van der Waals surface area contributed by atoms with Gasteiger partial charge in [0.25, 0.3) is 0 Å². The smallest absolute Gasteiger partial charge is 0.309 e. The summed E-state index contributed by atoms with van der Waals surface area (Å²) in [5.74, 6) is 0.883. The molecule has 3 nitrogen and oxygen atoms in total. The first kappa shape index (κ1) is 20.3. The van der Waals surface area contributed by atoms with Gasteiger partial charge in [0.1, 0.15) is 6.10 Å². The first-order chi connectivity index (χ1) is 12.1. The van der Waals surface area contributed by atoms with Crippen molar-refractivity contribution < 1.29 is 9.53 Å². The van der Waals surface area contributed by atoms with E-state index in [1.165, 1.54) is 38.5 Å². The van der Waals surface area contributed by atoms with Crippen LogP contribution in [0.2, 0.25) is 0 Å². The fourth-order valence-electron chi connectivity index (χ4n) is 4.74. The zero-order chi connectivity index (χ0) is 18.1. The fourth-order valence-corrected chi connectivity index (χ4v) is 4.74. The number of unbranched alkanes of at least 4 members (excludes halogenated alkanes) is 2. The predicted octanol–water partition coefficient (Wildman–Crippen LogP) is 6.17. The minimum atomic E-state index is -0.176. The van der Waals surface area contributed by atoms with Crippen molar-refractivity contribution in [1.82, 2.24) is 0 Å². The van der Waals surface area contributed by atoms with E-state index in [-0.39, 0.29) is 23.4 Å². The van der Waals surface area contributed by atoms with Crippen molar-refractivity contribution in [2.45, 2.75) is 110 Å². The van der Waals surface area contributed by atoms with E-state index in [1.807, 2.05) is 0 Å². The quantitative estimate of drug-likeness (QED) is 0.390. The van der Waals surface area contributed by atoms with E-state index in [0.717, 1.165) is 57.3 Å². The standard InChI is InChI=1S/C22H37NO2/c1-3-5-6-14-22(17-23)15-12-19(13-16-22)21(24)25-20-10-8-18(7-4-2)9-11-20/h18-20H,3-16H2,1-2H3/t18-,19-,20-,22+. The predicted molar refractivity (Wildman–Crippen MR) is 101 cm³/mol. The van der Waals surface area contributed by atoms with Gasteiger partial charge in [0.05, 0.1) is 17.4 Å². The highest BCUT2D eigenvalue weighted by atomic mass is 16.5. The molecule has 0 spiro atoms. The van der Waals surface area contributed by atoms with Crippen molar-refractivity contribution in [2.75, 3.05) is 0 Å². The Kier molecular flexibility index (Phi) is 8.27. The van der Waals surface area contributed by atoms with Gasteiger partial charge in [-0.05, 0) is 63.7 Å². The van der Waals surface area contributed by atoms with Gasteiger partial charge < -0.3 is 4.74 Å². The minimum Gasteiger partial charge on any atom is -0.462 e. The summed E-state index contributed by atoms with van der Waals surface area (Å²) >= 11 is 0. The molecule has 0 radical (unpaired) electrons. The summed E-state index contributed by atoms with van der Waals surface area (Å²) in [4.78, 5) is 12.5. The maximum absolute atomic E-state index is 12.5. The molecule has 2 aliphatic carbocycles. The van der Waals surface area contributed by atoms with Crippen LogP contribution in [0.15, 0.2) is 0 Å². The molecule has 0 amide bonds. The minimum absolute atomic E-state index is 0.0130. The summed E-state index contributed by atoms with van der Waals surface area (Å²) in [7, 11) is 0. The van der Waals surface area contributed by atoms with Crippen LogP contribution >= 0.6 is 0 Å². The van der Waals surface area contributed by atoms with Gasteiger partial charge in [0, 0.05) is 0 Å². The average molecular weight is 348 g/mol. The van der Waals surface area contributed by atoms with Crippen molar-refractivity contribution in [3.05, 3.63) is 0 Å². The summed E-state index contributed by atoms with van der Waals surface area (Å²) < 4.78 is 5.84. The van der Waals surface area contributed by atoms with Crippen molar-refractivity contribution in [2.24, 2.45) is 17.3 Å². The van der Waals surface area contributed by atoms with E-state index in [2.05, 4.69) is 19.9 Å². The molecule has 0 atom stereocenters. The molecule has 2 rings (SSSR count). The number of carbonyl (C=O) groups excluding carboxylic acids is 1. The Balaban J connectivity index is 1.73. The summed E-state index contributed by atoms with van der Waals surface area (Å²) in [6.07, 6.45) is 15.2. The van der Waals surface area contributed by atoms with Crippen LogP contribution in [0.25, 0.3) is 0 Å².